The highest BCUT2D eigenvalue weighted by Gasteiger charge is 2.38. The molecule has 14 heteroatoms. The Morgan fingerprint density at radius 3 is 2.41 bits per heavy atom. The maximum Gasteiger partial charge on any atom is 0.418 e. The molecule has 39 heavy (non-hydrogen) atoms. The molecule has 0 radical (unpaired) electrons. The van der Waals surface area contributed by atoms with Crippen molar-refractivity contribution < 1.29 is 35.1 Å². The number of hydrazone groups is 1. The average Bonchev–Trinajstić information content (AvgIpc) is 3.27. The molecular weight excluding hydrogens is 538 g/mol. The molecular formula is C25H15F8N5O. The summed E-state index contributed by atoms with van der Waals surface area (Å²) in [6.45, 7) is 0.140. The number of H-pyrrole nitrogens is 1. The Labute approximate surface area is 213 Å². The molecule has 202 valence electrons. The molecule has 2 aromatic carbocycles. The highest BCUT2D eigenvalue weighted by molar-refractivity contribution is 5.80. The van der Waals surface area contributed by atoms with E-state index in [1.807, 2.05) is 0 Å². The molecule has 1 aliphatic rings. The highest BCUT2D eigenvalue weighted by atomic mass is 19.4. The first-order valence-electron chi connectivity index (χ1n) is 11.1. The van der Waals surface area contributed by atoms with Crippen molar-refractivity contribution in [1.29, 1.82) is 0 Å². The number of nitrogens with one attached hydrogen (secondary N) is 1. The number of imidazole rings is 1. The van der Waals surface area contributed by atoms with Gasteiger partial charge >= 0.3 is 12.4 Å². The SMILES string of the molecule is O=c1cc(CN2Cc3nc(-c4cccc(F)c4F)[nH]c3C=N2)ccn1-c1ccc(C(F)(F)F)cc1C(F)(F)F. The van der Waals surface area contributed by atoms with Crippen LogP contribution in [-0.4, -0.2) is 25.8 Å². The second kappa shape index (κ2) is 9.36. The van der Waals surface area contributed by atoms with Crippen LogP contribution in [-0.2, 0) is 25.4 Å². The second-order valence-corrected chi connectivity index (χ2v) is 8.59. The molecule has 0 aliphatic carbocycles. The van der Waals surface area contributed by atoms with Gasteiger partial charge in [-0.1, -0.05) is 6.07 Å². The number of hydrogen-bond donors (Lipinski definition) is 1. The smallest absolute Gasteiger partial charge is 0.337 e. The van der Waals surface area contributed by atoms with Crippen molar-refractivity contribution in [2.24, 2.45) is 5.10 Å². The number of alkyl halides is 6. The van der Waals surface area contributed by atoms with Gasteiger partial charge in [0.05, 0.1) is 53.1 Å². The standard InChI is InChI=1S/C25H15F8N5O/c26-17-3-1-2-15(22(17)27)23-35-18-10-34-37(12-19(18)36-23)11-13-6-7-38(21(39)8-13)20-5-4-14(24(28,29)30)9-16(20)25(31,32)33/h1-10H,11-12H2,(H,35,36). The summed E-state index contributed by atoms with van der Waals surface area (Å²) in [5.41, 5.74) is -3.56. The van der Waals surface area contributed by atoms with Crippen molar-refractivity contribution in [3.8, 4) is 17.1 Å². The zero-order valence-electron chi connectivity index (χ0n) is 19.4. The molecule has 3 heterocycles. The van der Waals surface area contributed by atoms with Crippen LogP contribution in [0, 0.1) is 11.6 Å². The Morgan fingerprint density at radius 1 is 0.949 bits per heavy atom. The number of nitrogens with zero attached hydrogens (tertiary/aromatic N) is 4. The Kier molecular flexibility index (Phi) is 6.27. The Balaban J connectivity index is 1.38. The number of halogens is 8. The molecule has 0 amide bonds. The lowest BCUT2D eigenvalue weighted by Gasteiger charge is -2.21. The summed E-state index contributed by atoms with van der Waals surface area (Å²) in [5.74, 6) is -2.02. The first-order chi connectivity index (χ1) is 18.3. The van der Waals surface area contributed by atoms with Crippen LogP contribution in [0.3, 0.4) is 0 Å². The molecule has 0 unspecified atom stereocenters. The van der Waals surface area contributed by atoms with Crippen molar-refractivity contribution in [3.05, 3.63) is 105 Å². The summed E-state index contributed by atoms with van der Waals surface area (Å²) in [4.78, 5) is 19.8. The summed E-state index contributed by atoms with van der Waals surface area (Å²) in [6, 6.07) is 7.07. The summed E-state index contributed by atoms with van der Waals surface area (Å²) < 4.78 is 108. The number of hydrogen-bond acceptors (Lipinski definition) is 4. The van der Waals surface area contributed by atoms with Gasteiger partial charge in [0.15, 0.2) is 11.6 Å². The van der Waals surface area contributed by atoms with Crippen LogP contribution in [0.4, 0.5) is 35.1 Å². The molecule has 1 aliphatic heterocycles. The minimum atomic E-state index is -5.15. The van der Waals surface area contributed by atoms with E-state index < -0.39 is 46.4 Å². The molecule has 1 N–H and O–H groups in total. The lowest BCUT2D eigenvalue weighted by molar-refractivity contribution is -0.143. The quantitative estimate of drug-likeness (QED) is 0.321. The van der Waals surface area contributed by atoms with Crippen LogP contribution in [0.25, 0.3) is 17.1 Å². The third kappa shape index (κ3) is 5.13. The second-order valence-electron chi connectivity index (χ2n) is 8.59. The Hall–Kier alpha value is -4.49. The van der Waals surface area contributed by atoms with Gasteiger partial charge in [-0.25, -0.2) is 13.8 Å². The fourth-order valence-electron chi connectivity index (χ4n) is 4.09. The van der Waals surface area contributed by atoms with E-state index in [0.717, 1.165) is 18.3 Å². The summed E-state index contributed by atoms with van der Waals surface area (Å²) in [7, 11) is 0. The number of fused-ring (bicyclic) bond motifs is 1. The van der Waals surface area contributed by atoms with E-state index in [1.54, 1.807) is 0 Å². The molecule has 0 spiro atoms. The predicted molar refractivity (Wildman–Crippen MR) is 123 cm³/mol. The van der Waals surface area contributed by atoms with Gasteiger partial charge in [-0.15, -0.1) is 0 Å². The van der Waals surface area contributed by atoms with Gasteiger partial charge in [0.2, 0.25) is 0 Å². The number of pyridine rings is 1. The van der Waals surface area contributed by atoms with Crippen LogP contribution in [0.1, 0.15) is 28.1 Å². The van der Waals surface area contributed by atoms with Gasteiger partial charge in [-0.2, -0.15) is 31.4 Å². The van der Waals surface area contributed by atoms with Crippen LogP contribution in [0.15, 0.2) is 64.6 Å². The number of aromatic amines is 1. The fraction of sp³-hybridized carbons (Fsp3) is 0.160. The van der Waals surface area contributed by atoms with Gasteiger partial charge in [0.1, 0.15) is 5.82 Å². The first-order valence-corrected chi connectivity index (χ1v) is 11.1. The van der Waals surface area contributed by atoms with Gasteiger partial charge in [0, 0.05) is 12.3 Å². The van der Waals surface area contributed by atoms with Crippen LogP contribution >= 0.6 is 0 Å². The summed E-state index contributed by atoms with van der Waals surface area (Å²) in [6.07, 6.45) is -7.71. The molecule has 0 saturated carbocycles. The van der Waals surface area contributed by atoms with Crippen LogP contribution < -0.4 is 5.56 Å². The summed E-state index contributed by atoms with van der Waals surface area (Å²) >= 11 is 0. The van der Waals surface area contributed by atoms with Gasteiger partial charge in [0.25, 0.3) is 5.56 Å². The molecule has 5 rings (SSSR count). The Morgan fingerprint density at radius 2 is 1.72 bits per heavy atom. The van der Waals surface area contributed by atoms with Crippen LogP contribution in [0.2, 0.25) is 0 Å². The maximum atomic E-state index is 14.1. The normalized spacial score (nSPS) is 13.6. The molecule has 0 atom stereocenters. The fourth-order valence-corrected chi connectivity index (χ4v) is 4.09. The number of benzene rings is 2. The topological polar surface area (TPSA) is 66.3 Å². The Bertz CT molecular complexity index is 1650. The maximum absolute atomic E-state index is 14.1. The highest BCUT2D eigenvalue weighted by Crippen LogP contribution is 2.38. The largest absolute Gasteiger partial charge is 0.418 e. The average molecular weight is 553 g/mol. The van der Waals surface area contributed by atoms with Crippen molar-refractivity contribution in [2.75, 3.05) is 0 Å². The molecule has 6 nitrogen and oxygen atoms in total. The molecule has 2 aromatic heterocycles. The zero-order chi connectivity index (χ0) is 28.1. The van der Waals surface area contributed by atoms with E-state index in [0.29, 0.717) is 33.7 Å². The van der Waals surface area contributed by atoms with Crippen LogP contribution in [0.5, 0.6) is 0 Å². The summed E-state index contributed by atoms with van der Waals surface area (Å²) in [5, 5.41) is 5.69. The van der Waals surface area contributed by atoms with Crippen molar-refractivity contribution in [3.63, 3.8) is 0 Å². The number of rotatable bonds is 4. The van der Waals surface area contributed by atoms with Crippen molar-refractivity contribution in [1.82, 2.24) is 19.5 Å². The predicted octanol–water partition coefficient (Wildman–Crippen LogP) is 5.89. The lowest BCUT2D eigenvalue weighted by Crippen LogP contribution is -2.25. The minimum absolute atomic E-state index is 0.0294. The zero-order valence-corrected chi connectivity index (χ0v) is 19.4. The minimum Gasteiger partial charge on any atom is -0.337 e. The molecule has 4 aromatic rings. The van der Waals surface area contributed by atoms with Gasteiger partial charge in [-0.3, -0.25) is 14.4 Å². The third-order valence-electron chi connectivity index (χ3n) is 5.94. The van der Waals surface area contributed by atoms with Gasteiger partial charge < -0.3 is 4.98 Å². The molecule has 0 saturated heterocycles. The van der Waals surface area contributed by atoms with E-state index in [9.17, 15) is 39.9 Å². The monoisotopic (exact) mass is 553 g/mol. The van der Waals surface area contributed by atoms with Crippen molar-refractivity contribution in [2.45, 2.75) is 25.4 Å². The van der Waals surface area contributed by atoms with Crippen molar-refractivity contribution >= 4 is 6.21 Å². The number of aromatic nitrogens is 3. The molecule has 0 fully saturated rings. The first kappa shape index (κ1) is 26.1. The molecule has 0 bridgehead atoms. The third-order valence-corrected chi connectivity index (χ3v) is 5.94. The lowest BCUT2D eigenvalue weighted by atomic mass is 10.1. The van der Waals surface area contributed by atoms with Gasteiger partial charge in [-0.05, 0) is 42.0 Å². The van der Waals surface area contributed by atoms with E-state index >= 15 is 0 Å². The van der Waals surface area contributed by atoms with E-state index in [2.05, 4.69) is 15.1 Å². The van der Waals surface area contributed by atoms with E-state index in [1.165, 1.54) is 29.4 Å². The van der Waals surface area contributed by atoms with E-state index in [-0.39, 0.29) is 30.5 Å². The van der Waals surface area contributed by atoms with E-state index in [4.69, 9.17) is 0 Å².